The molecule has 3 aliphatic rings. The van der Waals surface area contributed by atoms with Gasteiger partial charge in [-0.1, -0.05) is 35.3 Å². The molecule has 1 N–H and O–H groups in total. The number of imidazole rings is 1. The number of halogens is 3. The first-order chi connectivity index (χ1) is 21.3. The van der Waals surface area contributed by atoms with Crippen LogP contribution in [0.1, 0.15) is 28.2 Å². The standard InChI is InChI=1S/C31H30Cl2FN5O5/c32-20-5-4-18(23(34)12-20)15-44-29-3-1-2-27(35-29)38-8-7-37(25-16-42-17-26(25)38)14-28-36-30-22(33)10-19(31(40)41)11-24(30)39(28)13-21-6-9-43-21/h1-5,10-12,21,25-26H,6-9,13-17H2,(H,40,41)/t21-,25+,26-/m0/s1. The van der Waals surface area contributed by atoms with Crippen molar-refractivity contribution >= 4 is 46.0 Å². The number of carboxylic acid groups (broad SMARTS) is 1. The second-order valence-corrected chi connectivity index (χ2v) is 12.1. The topological polar surface area (TPSA) is 102 Å². The number of rotatable bonds is 9. The number of nitrogens with zero attached hydrogens (tertiary/aromatic N) is 5. The molecule has 3 fully saturated rings. The number of benzene rings is 2. The highest BCUT2D eigenvalue weighted by Crippen LogP contribution is 2.32. The summed E-state index contributed by atoms with van der Waals surface area (Å²) >= 11 is 12.4. The van der Waals surface area contributed by atoms with Crippen LogP contribution in [0.4, 0.5) is 10.2 Å². The highest BCUT2D eigenvalue weighted by atomic mass is 35.5. The summed E-state index contributed by atoms with van der Waals surface area (Å²) in [7, 11) is 0. The van der Waals surface area contributed by atoms with Crippen LogP contribution in [-0.2, 0) is 29.2 Å². The molecule has 0 aliphatic carbocycles. The first-order valence-corrected chi connectivity index (χ1v) is 15.3. The molecule has 13 heteroatoms. The minimum Gasteiger partial charge on any atom is -0.478 e. The average molecular weight is 643 g/mol. The van der Waals surface area contributed by atoms with Crippen LogP contribution in [-0.4, -0.2) is 81.6 Å². The number of carbonyl (C=O) groups is 1. The zero-order chi connectivity index (χ0) is 30.4. The Morgan fingerprint density at radius 3 is 2.70 bits per heavy atom. The minimum absolute atomic E-state index is 0.0350. The van der Waals surface area contributed by atoms with Crippen molar-refractivity contribution in [3.05, 3.63) is 81.3 Å². The molecule has 3 aliphatic heterocycles. The van der Waals surface area contributed by atoms with Gasteiger partial charge in [0.25, 0.3) is 0 Å². The van der Waals surface area contributed by atoms with Crippen LogP contribution in [0.15, 0.2) is 48.5 Å². The van der Waals surface area contributed by atoms with Gasteiger partial charge in [0, 0.05) is 36.3 Å². The maximum atomic E-state index is 14.2. The lowest BCUT2D eigenvalue weighted by molar-refractivity contribution is -0.0592. The van der Waals surface area contributed by atoms with E-state index in [1.165, 1.54) is 12.1 Å². The Bertz CT molecular complexity index is 1720. The van der Waals surface area contributed by atoms with Gasteiger partial charge in [-0.3, -0.25) is 4.90 Å². The summed E-state index contributed by atoms with van der Waals surface area (Å²) in [5.41, 5.74) is 1.80. The van der Waals surface area contributed by atoms with Crippen molar-refractivity contribution in [1.29, 1.82) is 0 Å². The van der Waals surface area contributed by atoms with E-state index in [1.807, 2.05) is 12.1 Å². The van der Waals surface area contributed by atoms with Crippen molar-refractivity contribution in [2.45, 2.75) is 44.3 Å². The summed E-state index contributed by atoms with van der Waals surface area (Å²) < 4.78 is 33.9. The molecular formula is C31H30Cl2FN5O5. The Kier molecular flexibility index (Phi) is 8.06. The predicted octanol–water partition coefficient (Wildman–Crippen LogP) is 5.03. The third kappa shape index (κ3) is 5.70. The molecule has 2 aromatic carbocycles. The summed E-state index contributed by atoms with van der Waals surface area (Å²) in [5.74, 6) is 0.516. The maximum absolute atomic E-state index is 14.2. The van der Waals surface area contributed by atoms with Crippen molar-refractivity contribution < 1.29 is 28.5 Å². The molecule has 0 saturated carbocycles. The molecular weight excluding hydrogens is 612 g/mol. The zero-order valence-corrected chi connectivity index (χ0v) is 25.2. The Labute approximate surface area is 262 Å². The van der Waals surface area contributed by atoms with Gasteiger partial charge in [-0.05, 0) is 36.8 Å². The Morgan fingerprint density at radius 1 is 1.09 bits per heavy atom. The van der Waals surface area contributed by atoms with Gasteiger partial charge in [-0.25, -0.2) is 14.2 Å². The molecule has 3 saturated heterocycles. The molecule has 2 aromatic heterocycles. The van der Waals surface area contributed by atoms with Crippen LogP contribution in [0.3, 0.4) is 0 Å². The molecule has 0 amide bonds. The molecule has 5 heterocycles. The number of hydrogen-bond acceptors (Lipinski definition) is 8. The van der Waals surface area contributed by atoms with E-state index < -0.39 is 11.8 Å². The zero-order valence-electron chi connectivity index (χ0n) is 23.7. The van der Waals surface area contributed by atoms with E-state index in [0.29, 0.717) is 65.4 Å². The largest absolute Gasteiger partial charge is 0.478 e. The first kappa shape index (κ1) is 29.2. The van der Waals surface area contributed by atoms with Gasteiger partial charge in [0.1, 0.15) is 29.6 Å². The van der Waals surface area contributed by atoms with Crippen molar-refractivity contribution in [3.63, 3.8) is 0 Å². The van der Waals surface area contributed by atoms with E-state index >= 15 is 0 Å². The molecule has 230 valence electrons. The monoisotopic (exact) mass is 641 g/mol. The van der Waals surface area contributed by atoms with E-state index in [2.05, 4.69) is 14.4 Å². The number of aromatic carboxylic acids is 1. The van der Waals surface area contributed by atoms with Crippen LogP contribution < -0.4 is 9.64 Å². The van der Waals surface area contributed by atoms with E-state index in [9.17, 15) is 14.3 Å². The summed E-state index contributed by atoms with van der Waals surface area (Å²) in [6.45, 7) is 4.40. The van der Waals surface area contributed by atoms with Crippen molar-refractivity contribution in [3.8, 4) is 5.88 Å². The molecule has 10 nitrogen and oxygen atoms in total. The Hall–Kier alpha value is -3.48. The van der Waals surface area contributed by atoms with Gasteiger partial charge in [0.05, 0.1) is 60.6 Å². The van der Waals surface area contributed by atoms with Crippen LogP contribution in [0.2, 0.25) is 10.0 Å². The number of carboxylic acids is 1. The number of aromatic nitrogens is 3. The number of pyridine rings is 1. The lowest BCUT2D eigenvalue weighted by Gasteiger charge is -2.44. The number of piperazine rings is 1. The quantitative estimate of drug-likeness (QED) is 0.269. The highest BCUT2D eigenvalue weighted by molar-refractivity contribution is 6.35. The third-order valence-corrected chi connectivity index (χ3v) is 9.09. The fraction of sp³-hybridized carbons (Fsp3) is 0.387. The molecule has 4 aromatic rings. The van der Waals surface area contributed by atoms with Gasteiger partial charge >= 0.3 is 5.97 Å². The van der Waals surface area contributed by atoms with Crippen molar-refractivity contribution in [2.24, 2.45) is 0 Å². The molecule has 0 radical (unpaired) electrons. The van der Waals surface area contributed by atoms with Crippen LogP contribution in [0.25, 0.3) is 11.0 Å². The second kappa shape index (κ2) is 12.1. The highest BCUT2D eigenvalue weighted by Gasteiger charge is 2.42. The summed E-state index contributed by atoms with van der Waals surface area (Å²) in [5, 5.41) is 10.3. The molecule has 44 heavy (non-hydrogen) atoms. The summed E-state index contributed by atoms with van der Waals surface area (Å²) in [6, 6.07) is 13.3. The van der Waals surface area contributed by atoms with Crippen molar-refractivity contribution in [2.75, 3.05) is 37.8 Å². The number of fused-ring (bicyclic) bond motifs is 2. The summed E-state index contributed by atoms with van der Waals surface area (Å²) in [4.78, 5) is 26.0. The van der Waals surface area contributed by atoms with E-state index in [-0.39, 0.29) is 30.4 Å². The smallest absolute Gasteiger partial charge is 0.335 e. The van der Waals surface area contributed by atoms with Gasteiger partial charge in [0.2, 0.25) is 5.88 Å². The van der Waals surface area contributed by atoms with Gasteiger partial charge in [0.15, 0.2) is 0 Å². The van der Waals surface area contributed by atoms with E-state index in [0.717, 1.165) is 31.2 Å². The number of ether oxygens (including phenoxy) is 3. The SMILES string of the molecule is O=C(O)c1cc(Cl)c2nc(CN3CCN(c4cccc(OCc5ccc(Cl)cc5F)n4)[C@H]4COC[C@H]43)n(C[C@@H]3CCO3)c2c1. The maximum Gasteiger partial charge on any atom is 0.335 e. The lowest BCUT2D eigenvalue weighted by atomic mass is 10.0. The van der Waals surface area contributed by atoms with Gasteiger partial charge < -0.3 is 28.8 Å². The second-order valence-electron chi connectivity index (χ2n) is 11.2. The molecule has 0 bridgehead atoms. The van der Waals surface area contributed by atoms with E-state index in [4.69, 9.17) is 47.4 Å². The normalized spacial score (nSPS) is 21.8. The van der Waals surface area contributed by atoms with Crippen LogP contribution in [0.5, 0.6) is 5.88 Å². The molecule has 0 spiro atoms. The average Bonchev–Trinajstić information content (AvgIpc) is 3.60. The first-order valence-electron chi connectivity index (χ1n) is 14.5. The number of hydrogen-bond donors (Lipinski definition) is 1. The Morgan fingerprint density at radius 2 is 1.93 bits per heavy atom. The minimum atomic E-state index is -1.04. The Balaban J connectivity index is 1.11. The van der Waals surface area contributed by atoms with Gasteiger partial charge in [-0.2, -0.15) is 4.98 Å². The molecule has 0 unspecified atom stereocenters. The summed E-state index contributed by atoms with van der Waals surface area (Å²) in [6.07, 6.45) is 0.988. The molecule has 7 rings (SSSR count). The predicted molar refractivity (Wildman–Crippen MR) is 162 cm³/mol. The third-order valence-electron chi connectivity index (χ3n) is 8.57. The number of anilines is 1. The fourth-order valence-corrected chi connectivity index (χ4v) is 6.57. The van der Waals surface area contributed by atoms with E-state index in [1.54, 1.807) is 24.3 Å². The van der Waals surface area contributed by atoms with Gasteiger partial charge in [-0.15, -0.1) is 0 Å². The van der Waals surface area contributed by atoms with Crippen LogP contribution >= 0.6 is 23.2 Å². The fourth-order valence-electron chi connectivity index (χ4n) is 6.15. The molecule has 3 atom stereocenters. The van der Waals surface area contributed by atoms with Crippen LogP contribution in [0, 0.1) is 5.82 Å². The lowest BCUT2D eigenvalue weighted by Crippen LogP contribution is -2.59. The van der Waals surface area contributed by atoms with Crippen molar-refractivity contribution in [1.82, 2.24) is 19.4 Å².